The minimum Gasteiger partial charge on any atom is -0.497 e. The van der Waals surface area contributed by atoms with Gasteiger partial charge in [0.25, 0.3) is 0 Å². The number of ether oxygens (including phenoxy) is 2. The maximum absolute atomic E-state index is 12.5. The van der Waals surface area contributed by atoms with Crippen LogP contribution >= 0.6 is 0 Å². The molecule has 0 N–H and O–H groups in total. The number of hydrogen-bond acceptors (Lipinski definition) is 4. The first-order valence-corrected chi connectivity index (χ1v) is 8.31. The number of esters is 1. The van der Waals surface area contributed by atoms with E-state index < -0.39 is 11.3 Å². The number of nitriles is 1. The first-order valence-electron chi connectivity index (χ1n) is 8.31. The molecule has 0 aliphatic heterocycles. The van der Waals surface area contributed by atoms with Crippen LogP contribution in [0.1, 0.15) is 52.0 Å². The van der Waals surface area contributed by atoms with E-state index in [9.17, 15) is 10.1 Å². The van der Waals surface area contributed by atoms with Crippen LogP contribution in [0.25, 0.3) is 0 Å². The number of rotatable bonds is 9. The van der Waals surface area contributed by atoms with Crippen molar-refractivity contribution in [1.82, 2.24) is 0 Å². The van der Waals surface area contributed by atoms with Gasteiger partial charge < -0.3 is 9.47 Å². The molecule has 0 amide bonds. The van der Waals surface area contributed by atoms with E-state index in [0.717, 1.165) is 18.4 Å². The summed E-state index contributed by atoms with van der Waals surface area (Å²) in [5.41, 5.74) is -0.0568. The van der Waals surface area contributed by atoms with E-state index in [0.29, 0.717) is 25.2 Å². The zero-order valence-electron chi connectivity index (χ0n) is 14.6. The normalized spacial score (nSPS) is 14.4. The molecule has 4 heteroatoms. The van der Waals surface area contributed by atoms with E-state index in [1.165, 1.54) is 0 Å². The van der Waals surface area contributed by atoms with Crippen LogP contribution in [0.2, 0.25) is 0 Å². The molecule has 0 fully saturated rings. The van der Waals surface area contributed by atoms with E-state index in [4.69, 9.17) is 9.47 Å². The van der Waals surface area contributed by atoms with E-state index in [1.807, 2.05) is 38.1 Å². The van der Waals surface area contributed by atoms with Gasteiger partial charge in [0.2, 0.25) is 0 Å². The van der Waals surface area contributed by atoms with E-state index in [-0.39, 0.29) is 5.97 Å². The first-order chi connectivity index (χ1) is 11.1. The summed E-state index contributed by atoms with van der Waals surface area (Å²) in [7, 11) is 1.60. The molecule has 0 saturated heterocycles. The molecule has 1 aromatic carbocycles. The number of hydrogen-bond donors (Lipinski definition) is 0. The molecule has 0 aromatic heterocycles. The molecule has 0 bridgehead atoms. The predicted molar refractivity (Wildman–Crippen MR) is 90.2 cm³/mol. The Balaban J connectivity index is 3.43. The number of nitrogens with zero attached hydrogens (tertiary/aromatic N) is 1. The van der Waals surface area contributed by atoms with E-state index >= 15 is 0 Å². The molecule has 0 radical (unpaired) electrons. The Hall–Kier alpha value is -2.02. The molecule has 0 saturated carbocycles. The molecule has 0 unspecified atom stereocenters. The standard InChI is InChI=1S/C19H27NO3/c1-5-9-17(18(21)23-7-3)19(14-20,12-6-2)15-10-8-11-16(13-15)22-4/h8,10-11,13,17H,5-7,9,12H2,1-4H3/t17-,19+/m0/s1. The molecular weight excluding hydrogens is 290 g/mol. The summed E-state index contributed by atoms with van der Waals surface area (Å²) in [6, 6.07) is 9.93. The van der Waals surface area contributed by atoms with Crippen molar-refractivity contribution in [1.29, 1.82) is 5.26 Å². The third-order valence-electron chi connectivity index (χ3n) is 4.17. The molecule has 126 valence electrons. The SMILES string of the molecule is CCC[C@@H](C(=O)OCC)[C@@](C#N)(CCC)c1cccc(OC)c1. The minimum absolute atomic E-state index is 0.285. The predicted octanol–water partition coefficient (Wildman–Crippen LogP) is 4.24. The number of carbonyl (C=O) groups excluding carboxylic acids is 1. The van der Waals surface area contributed by atoms with Crippen molar-refractivity contribution in [3.63, 3.8) is 0 Å². The lowest BCUT2D eigenvalue weighted by atomic mass is 9.67. The lowest BCUT2D eigenvalue weighted by molar-refractivity contribution is -0.150. The lowest BCUT2D eigenvalue weighted by Crippen LogP contribution is -2.40. The fourth-order valence-electron chi connectivity index (χ4n) is 3.11. The Kier molecular flexibility index (Phi) is 7.61. The highest BCUT2D eigenvalue weighted by Gasteiger charge is 2.44. The van der Waals surface area contributed by atoms with Crippen LogP contribution in [0.3, 0.4) is 0 Å². The van der Waals surface area contributed by atoms with Crippen LogP contribution in [0, 0.1) is 17.2 Å². The van der Waals surface area contributed by atoms with Crippen molar-refractivity contribution in [3.8, 4) is 11.8 Å². The molecule has 2 atom stereocenters. The second-order valence-electron chi connectivity index (χ2n) is 5.66. The second kappa shape index (κ2) is 9.19. The minimum atomic E-state index is -0.883. The van der Waals surface area contributed by atoms with Gasteiger partial charge in [-0.1, -0.05) is 38.8 Å². The molecule has 0 heterocycles. The summed E-state index contributed by atoms with van der Waals surface area (Å²) in [6.45, 7) is 6.16. The quantitative estimate of drug-likeness (QED) is 0.639. The van der Waals surface area contributed by atoms with Gasteiger partial charge in [0.15, 0.2) is 0 Å². The first kappa shape index (κ1) is 19.0. The average Bonchev–Trinajstić information content (AvgIpc) is 2.58. The number of benzene rings is 1. The largest absolute Gasteiger partial charge is 0.497 e. The Morgan fingerprint density at radius 1 is 1.30 bits per heavy atom. The number of carbonyl (C=O) groups is 1. The molecule has 0 aliphatic carbocycles. The van der Waals surface area contributed by atoms with Gasteiger partial charge in [0, 0.05) is 0 Å². The van der Waals surface area contributed by atoms with Gasteiger partial charge >= 0.3 is 5.97 Å². The Morgan fingerprint density at radius 2 is 2.04 bits per heavy atom. The highest BCUT2D eigenvalue weighted by molar-refractivity contribution is 5.76. The summed E-state index contributed by atoms with van der Waals surface area (Å²) in [5, 5.41) is 10.0. The van der Waals surface area contributed by atoms with Crippen molar-refractivity contribution in [2.24, 2.45) is 5.92 Å². The topological polar surface area (TPSA) is 59.3 Å². The van der Waals surface area contributed by atoms with Gasteiger partial charge in [-0.3, -0.25) is 4.79 Å². The van der Waals surface area contributed by atoms with Gasteiger partial charge in [0.1, 0.15) is 5.75 Å². The fourth-order valence-corrected chi connectivity index (χ4v) is 3.11. The zero-order valence-corrected chi connectivity index (χ0v) is 14.6. The van der Waals surface area contributed by atoms with Crippen molar-refractivity contribution in [2.75, 3.05) is 13.7 Å². The Morgan fingerprint density at radius 3 is 2.57 bits per heavy atom. The molecular formula is C19H27NO3. The highest BCUT2D eigenvalue weighted by atomic mass is 16.5. The summed E-state index contributed by atoms with van der Waals surface area (Å²) in [5.74, 6) is -0.0611. The zero-order chi connectivity index (χ0) is 17.3. The Bertz CT molecular complexity index is 550. The Labute approximate surface area is 139 Å². The molecule has 23 heavy (non-hydrogen) atoms. The van der Waals surface area contributed by atoms with Crippen LogP contribution in [0.5, 0.6) is 5.75 Å². The summed E-state index contributed by atoms with van der Waals surface area (Å²) in [4.78, 5) is 12.5. The fraction of sp³-hybridized carbons (Fsp3) is 0.579. The molecule has 1 aromatic rings. The van der Waals surface area contributed by atoms with Crippen LogP contribution in [0.4, 0.5) is 0 Å². The van der Waals surface area contributed by atoms with Gasteiger partial charge in [-0.05, 0) is 37.5 Å². The monoisotopic (exact) mass is 317 g/mol. The van der Waals surface area contributed by atoms with Crippen molar-refractivity contribution < 1.29 is 14.3 Å². The third-order valence-corrected chi connectivity index (χ3v) is 4.17. The maximum Gasteiger partial charge on any atom is 0.310 e. The van der Waals surface area contributed by atoms with Crippen molar-refractivity contribution in [3.05, 3.63) is 29.8 Å². The second-order valence-corrected chi connectivity index (χ2v) is 5.66. The summed E-state index contributed by atoms with van der Waals surface area (Å²) in [6.07, 6.45) is 2.87. The van der Waals surface area contributed by atoms with Crippen molar-refractivity contribution >= 4 is 5.97 Å². The third kappa shape index (κ3) is 4.25. The van der Waals surface area contributed by atoms with Crippen LogP contribution in [-0.2, 0) is 14.9 Å². The van der Waals surface area contributed by atoms with Crippen LogP contribution in [-0.4, -0.2) is 19.7 Å². The molecule has 0 spiro atoms. The summed E-state index contributed by atoms with van der Waals surface area (Å²) >= 11 is 0. The highest BCUT2D eigenvalue weighted by Crippen LogP contribution is 2.41. The van der Waals surface area contributed by atoms with Gasteiger partial charge in [0.05, 0.1) is 31.1 Å². The average molecular weight is 317 g/mol. The summed E-state index contributed by atoms with van der Waals surface area (Å²) < 4.78 is 10.6. The smallest absolute Gasteiger partial charge is 0.310 e. The van der Waals surface area contributed by atoms with Gasteiger partial charge in [-0.2, -0.15) is 5.26 Å². The van der Waals surface area contributed by atoms with E-state index in [2.05, 4.69) is 6.07 Å². The molecule has 4 nitrogen and oxygen atoms in total. The lowest BCUT2D eigenvalue weighted by Gasteiger charge is -2.34. The van der Waals surface area contributed by atoms with Gasteiger partial charge in [-0.25, -0.2) is 0 Å². The van der Waals surface area contributed by atoms with Gasteiger partial charge in [-0.15, -0.1) is 0 Å². The number of methoxy groups -OCH3 is 1. The molecule has 0 aliphatic rings. The molecule has 1 rings (SSSR count). The van der Waals surface area contributed by atoms with Crippen LogP contribution < -0.4 is 4.74 Å². The van der Waals surface area contributed by atoms with Crippen LogP contribution in [0.15, 0.2) is 24.3 Å². The maximum atomic E-state index is 12.5. The van der Waals surface area contributed by atoms with E-state index in [1.54, 1.807) is 14.0 Å². The van der Waals surface area contributed by atoms with Crippen molar-refractivity contribution in [2.45, 2.75) is 51.9 Å².